The zero-order chi connectivity index (χ0) is 17.3. The number of thiocarbonyl (C=S) groups is 1. The second-order valence-electron chi connectivity index (χ2n) is 5.35. The summed E-state index contributed by atoms with van der Waals surface area (Å²) < 4.78 is 5.34. The molecule has 0 bridgehead atoms. The molecule has 7 nitrogen and oxygen atoms in total. The summed E-state index contributed by atoms with van der Waals surface area (Å²) in [4.78, 5) is 15.1. The molecular weight excluding hydrogens is 356 g/mol. The van der Waals surface area contributed by atoms with Gasteiger partial charge in [0.05, 0.1) is 25.1 Å². The summed E-state index contributed by atoms with van der Waals surface area (Å²) >= 11 is 6.74. The number of pyridine rings is 1. The third kappa shape index (κ3) is 6.20. The minimum Gasteiger partial charge on any atom is -0.379 e. The normalized spacial score (nSPS) is 14.9. The molecule has 1 aliphatic heterocycles. The predicted octanol–water partition coefficient (Wildman–Crippen LogP) is 1.64. The third-order valence-electron chi connectivity index (χ3n) is 3.55. The van der Waals surface area contributed by atoms with E-state index in [-0.39, 0.29) is 0 Å². The lowest BCUT2D eigenvalue weighted by Crippen LogP contribution is -2.42. The van der Waals surface area contributed by atoms with Crippen LogP contribution in [0.15, 0.2) is 47.0 Å². The number of nitrogens with one attached hydrogen (secondary N) is 2. The third-order valence-corrected chi connectivity index (χ3v) is 4.64. The molecule has 0 radical (unpaired) electrons. The molecule has 0 spiro atoms. The molecule has 132 valence electrons. The monoisotopic (exact) mass is 376 g/mol. The predicted molar refractivity (Wildman–Crippen MR) is 102 cm³/mol. The number of anilines is 1. The van der Waals surface area contributed by atoms with Crippen LogP contribution in [0.4, 0.5) is 5.69 Å². The molecule has 1 saturated heterocycles. The van der Waals surface area contributed by atoms with Crippen molar-refractivity contribution in [3.63, 3.8) is 0 Å². The Kier molecular flexibility index (Phi) is 6.92. The molecule has 3 heterocycles. The van der Waals surface area contributed by atoms with Crippen LogP contribution in [0.25, 0.3) is 0 Å². The minimum atomic E-state index is 0.599. The Morgan fingerprint density at radius 2 is 2.00 bits per heavy atom. The Labute approximate surface area is 156 Å². The Balaban J connectivity index is 1.40. The number of aromatic nitrogens is 3. The van der Waals surface area contributed by atoms with Crippen LogP contribution in [0.5, 0.6) is 0 Å². The molecule has 1 fully saturated rings. The second-order valence-corrected chi connectivity index (χ2v) is 6.75. The van der Waals surface area contributed by atoms with E-state index in [0.717, 1.165) is 50.1 Å². The Bertz CT molecular complexity index is 664. The Hall–Kier alpha value is -1.81. The summed E-state index contributed by atoms with van der Waals surface area (Å²) in [5.74, 6) is 0. The van der Waals surface area contributed by atoms with Crippen molar-refractivity contribution in [1.82, 2.24) is 25.2 Å². The van der Waals surface area contributed by atoms with E-state index in [1.54, 1.807) is 24.7 Å². The molecule has 0 aliphatic carbocycles. The molecule has 25 heavy (non-hydrogen) atoms. The van der Waals surface area contributed by atoms with Crippen LogP contribution in [0.3, 0.4) is 0 Å². The van der Waals surface area contributed by atoms with E-state index < -0.39 is 0 Å². The van der Waals surface area contributed by atoms with E-state index in [1.807, 2.05) is 12.1 Å². The first-order valence-electron chi connectivity index (χ1n) is 8.05. The summed E-state index contributed by atoms with van der Waals surface area (Å²) in [7, 11) is 0. The van der Waals surface area contributed by atoms with Gasteiger partial charge < -0.3 is 15.4 Å². The maximum atomic E-state index is 5.34. The topological polar surface area (TPSA) is 75.2 Å². The van der Waals surface area contributed by atoms with E-state index >= 15 is 0 Å². The maximum Gasteiger partial charge on any atom is 0.193 e. The van der Waals surface area contributed by atoms with Crippen LogP contribution in [0.1, 0.15) is 0 Å². The lowest BCUT2D eigenvalue weighted by Gasteiger charge is -2.26. The van der Waals surface area contributed by atoms with E-state index in [2.05, 4.69) is 30.5 Å². The maximum absolute atomic E-state index is 5.34. The lowest BCUT2D eigenvalue weighted by atomic mass is 10.4. The SMILES string of the molecule is S=C(NCCN1CCOCC1)Nc1ccc(Sc2ncccn2)nc1. The van der Waals surface area contributed by atoms with Gasteiger partial charge in [0.1, 0.15) is 5.03 Å². The minimum absolute atomic E-state index is 0.599. The number of hydrogen-bond donors (Lipinski definition) is 2. The molecule has 9 heteroatoms. The van der Waals surface area contributed by atoms with E-state index in [1.165, 1.54) is 11.8 Å². The van der Waals surface area contributed by atoms with Gasteiger partial charge in [0.25, 0.3) is 0 Å². The summed E-state index contributed by atoms with van der Waals surface area (Å²) in [5, 5.41) is 8.47. The van der Waals surface area contributed by atoms with Crippen LogP contribution in [-0.2, 0) is 4.74 Å². The average molecular weight is 377 g/mol. The Morgan fingerprint density at radius 3 is 2.72 bits per heavy atom. The number of morpholine rings is 1. The standard InChI is InChI=1S/C16H20N6OS2/c24-15(17-6-7-22-8-10-23-11-9-22)21-13-2-3-14(20-12-13)25-16-18-4-1-5-19-16/h1-5,12H,6-11H2,(H2,17,21,24). The van der Waals surface area contributed by atoms with Crippen molar-refractivity contribution < 1.29 is 4.74 Å². The van der Waals surface area contributed by atoms with Crippen molar-refractivity contribution in [2.24, 2.45) is 0 Å². The fraction of sp³-hybridized carbons (Fsp3) is 0.375. The molecule has 0 unspecified atom stereocenters. The van der Waals surface area contributed by atoms with Crippen molar-refractivity contribution >= 4 is 34.8 Å². The number of nitrogens with zero attached hydrogens (tertiary/aromatic N) is 4. The van der Waals surface area contributed by atoms with Crippen LogP contribution in [-0.4, -0.2) is 64.4 Å². The van der Waals surface area contributed by atoms with Gasteiger partial charge in [-0.1, -0.05) is 0 Å². The molecule has 1 aliphatic rings. The van der Waals surface area contributed by atoms with Crippen molar-refractivity contribution in [1.29, 1.82) is 0 Å². The van der Waals surface area contributed by atoms with E-state index in [0.29, 0.717) is 10.3 Å². The van der Waals surface area contributed by atoms with Gasteiger partial charge in [-0.3, -0.25) is 4.90 Å². The fourth-order valence-electron chi connectivity index (χ4n) is 2.27. The molecule has 2 N–H and O–H groups in total. The molecule has 0 aromatic carbocycles. The highest BCUT2D eigenvalue weighted by Crippen LogP contribution is 2.22. The van der Waals surface area contributed by atoms with Gasteiger partial charge in [0.2, 0.25) is 0 Å². The second kappa shape index (κ2) is 9.62. The molecule has 2 aromatic heterocycles. The summed E-state index contributed by atoms with van der Waals surface area (Å²) in [6.07, 6.45) is 5.18. The van der Waals surface area contributed by atoms with Crippen molar-refractivity contribution in [2.75, 3.05) is 44.7 Å². The van der Waals surface area contributed by atoms with Crippen LogP contribution >= 0.6 is 24.0 Å². The van der Waals surface area contributed by atoms with Crippen molar-refractivity contribution in [3.05, 3.63) is 36.8 Å². The molecule has 2 aromatic rings. The van der Waals surface area contributed by atoms with Gasteiger partial charge in [0, 0.05) is 38.6 Å². The van der Waals surface area contributed by atoms with E-state index in [4.69, 9.17) is 17.0 Å². The zero-order valence-electron chi connectivity index (χ0n) is 13.7. The lowest BCUT2D eigenvalue weighted by molar-refractivity contribution is 0.0389. The molecule has 0 amide bonds. The van der Waals surface area contributed by atoms with Crippen LogP contribution < -0.4 is 10.6 Å². The number of hydrogen-bond acceptors (Lipinski definition) is 7. The Morgan fingerprint density at radius 1 is 1.20 bits per heavy atom. The molecule has 0 saturated carbocycles. The first-order valence-corrected chi connectivity index (χ1v) is 9.28. The van der Waals surface area contributed by atoms with Gasteiger partial charge in [-0.15, -0.1) is 0 Å². The van der Waals surface area contributed by atoms with Gasteiger partial charge >= 0.3 is 0 Å². The van der Waals surface area contributed by atoms with Gasteiger partial charge in [0.15, 0.2) is 10.3 Å². The van der Waals surface area contributed by atoms with Crippen LogP contribution in [0.2, 0.25) is 0 Å². The summed E-state index contributed by atoms with van der Waals surface area (Å²) in [5.41, 5.74) is 0.849. The molecule has 3 rings (SSSR count). The van der Waals surface area contributed by atoms with Gasteiger partial charge in [-0.05, 0) is 42.2 Å². The smallest absolute Gasteiger partial charge is 0.193 e. The first kappa shape index (κ1) is 18.0. The van der Waals surface area contributed by atoms with E-state index in [9.17, 15) is 0 Å². The number of rotatable bonds is 6. The molecular formula is C16H20N6OS2. The quantitative estimate of drug-likeness (QED) is 0.578. The summed E-state index contributed by atoms with van der Waals surface area (Å²) in [6, 6.07) is 5.64. The van der Waals surface area contributed by atoms with Gasteiger partial charge in [-0.25, -0.2) is 15.0 Å². The fourth-order valence-corrected chi connectivity index (χ4v) is 3.15. The average Bonchev–Trinajstić information content (AvgIpc) is 2.65. The highest BCUT2D eigenvalue weighted by atomic mass is 32.2. The first-order chi connectivity index (χ1) is 12.3. The van der Waals surface area contributed by atoms with Crippen molar-refractivity contribution in [2.45, 2.75) is 10.2 Å². The number of ether oxygens (including phenoxy) is 1. The van der Waals surface area contributed by atoms with Crippen molar-refractivity contribution in [3.8, 4) is 0 Å². The van der Waals surface area contributed by atoms with Gasteiger partial charge in [-0.2, -0.15) is 0 Å². The van der Waals surface area contributed by atoms with Crippen LogP contribution in [0, 0.1) is 0 Å². The summed E-state index contributed by atoms with van der Waals surface area (Å²) in [6.45, 7) is 5.35. The molecule has 0 atom stereocenters. The largest absolute Gasteiger partial charge is 0.379 e. The highest BCUT2D eigenvalue weighted by Gasteiger charge is 2.09. The highest BCUT2D eigenvalue weighted by molar-refractivity contribution is 7.99. The zero-order valence-corrected chi connectivity index (χ0v) is 15.4.